The minimum Gasteiger partial charge on any atom is -0.478 e. The van der Waals surface area contributed by atoms with Crippen LogP contribution >= 0.6 is 0 Å². The van der Waals surface area contributed by atoms with E-state index in [0.717, 1.165) is 13.2 Å². The Morgan fingerprint density at radius 1 is 1.10 bits per heavy atom. The van der Waals surface area contributed by atoms with Gasteiger partial charge in [0, 0.05) is 0 Å². The van der Waals surface area contributed by atoms with Crippen molar-refractivity contribution in [2.75, 3.05) is 6.26 Å². The highest BCUT2D eigenvalue weighted by atomic mass is 32.2. The van der Waals surface area contributed by atoms with Crippen molar-refractivity contribution in [3.05, 3.63) is 71.3 Å². The molecule has 0 aliphatic carbocycles. The van der Waals surface area contributed by atoms with Crippen LogP contribution in [-0.2, 0) is 23.8 Å². The number of carboxylic acids is 1. The third-order valence-electron chi connectivity index (χ3n) is 4.57. The lowest BCUT2D eigenvalue weighted by Crippen LogP contribution is -2.44. The number of esters is 1. The molecule has 1 fully saturated rings. The van der Waals surface area contributed by atoms with Crippen molar-refractivity contribution in [3.8, 4) is 0 Å². The van der Waals surface area contributed by atoms with E-state index in [0.29, 0.717) is 0 Å². The van der Waals surface area contributed by atoms with Gasteiger partial charge >= 0.3 is 11.9 Å². The van der Waals surface area contributed by atoms with Gasteiger partial charge in [-0.2, -0.15) is 8.42 Å². The topological polar surface area (TPSA) is 116 Å². The zero-order valence-electron chi connectivity index (χ0n) is 16.0. The van der Waals surface area contributed by atoms with Crippen molar-refractivity contribution in [1.82, 2.24) is 0 Å². The summed E-state index contributed by atoms with van der Waals surface area (Å²) >= 11 is 0. The fourth-order valence-corrected chi connectivity index (χ4v) is 3.71. The van der Waals surface area contributed by atoms with E-state index in [-0.39, 0.29) is 16.7 Å². The van der Waals surface area contributed by atoms with Gasteiger partial charge in [0.1, 0.15) is 6.10 Å². The molecule has 2 aromatic carbocycles. The first kappa shape index (κ1) is 21.9. The Labute approximate surface area is 172 Å². The van der Waals surface area contributed by atoms with Crippen LogP contribution in [0.5, 0.6) is 0 Å². The van der Waals surface area contributed by atoms with Gasteiger partial charge in [-0.25, -0.2) is 18.2 Å². The van der Waals surface area contributed by atoms with Crippen LogP contribution < -0.4 is 0 Å². The van der Waals surface area contributed by atoms with Crippen LogP contribution in [-0.4, -0.2) is 49.8 Å². The Morgan fingerprint density at radius 2 is 1.70 bits per heavy atom. The molecule has 30 heavy (non-hydrogen) atoms. The molecule has 160 valence electrons. The summed E-state index contributed by atoms with van der Waals surface area (Å²) < 4.78 is 54.4. The number of carboxylic acid groups (broad SMARTS) is 1. The molecule has 0 aromatic heterocycles. The maximum Gasteiger partial charge on any atom is 0.338 e. The highest BCUT2D eigenvalue weighted by Crippen LogP contribution is 2.46. The van der Waals surface area contributed by atoms with Gasteiger partial charge in [0.05, 0.1) is 17.4 Å². The number of hydrogen-bond acceptors (Lipinski definition) is 7. The lowest BCUT2D eigenvalue weighted by Gasteiger charge is -2.27. The van der Waals surface area contributed by atoms with Gasteiger partial charge in [-0.1, -0.05) is 36.4 Å². The smallest absolute Gasteiger partial charge is 0.338 e. The van der Waals surface area contributed by atoms with E-state index in [9.17, 15) is 23.1 Å². The van der Waals surface area contributed by atoms with Gasteiger partial charge in [0.25, 0.3) is 10.1 Å². The fraction of sp³-hybridized carbons (Fsp3) is 0.300. The zero-order chi connectivity index (χ0) is 22.1. The maximum atomic E-state index is 15.7. The summed E-state index contributed by atoms with van der Waals surface area (Å²) in [7, 11) is -4.14. The van der Waals surface area contributed by atoms with E-state index in [1.165, 1.54) is 36.4 Å². The van der Waals surface area contributed by atoms with E-state index < -0.39 is 46.2 Å². The number of alkyl halides is 1. The molecule has 10 heteroatoms. The first-order valence-corrected chi connectivity index (χ1v) is 10.6. The number of rotatable bonds is 6. The molecule has 1 aliphatic heterocycles. The monoisotopic (exact) mass is 438 g/mol. The fourth-order valence-electron chi connectivity index (χ4n) is 3.15. The Kier molecular flexibility index (Phi) is 5.93. The quantitative estimate of drug-likeness (QED) is 0.541. The number of aromatic carboxylic acids is 1. The second-order valence-electron chi connectivity index (χ2n) is 6.92. The molecule has 0 saturated carbocycles. The van der Waals surface area contributed by atoms with Gasteiger partial charge in [-0.05, 0) is 30.7 Å². The molecular weight excluding hydrogens is 419 g/mol. The van der Waals surface area contributed by atoms with Gasteiger partial charge in [-0.15, -0.1) is 0 Å². The van der Waals surface area contributed by atoms with Crippen LogP contribution in [0, 0.1) is 0 Å². The van der Waals surface area contributed by atoms with Crippen LogP contribution in [0.1, 0.15) is 39.3 Å². The third kappa shape index (κ3) is 4.50. The molecule has 0 bridgehead atoms. The molecule has 1 unspecified atom stereocenters. The second-order valence-corrected chi connectivity index (χ2v) is 8.53. The largest absolute Gasteiger partial charge is 0.478 e. The number of halogens is 1. The van der Waals surface area contributed by atoms with Crippen molar-refractivity contribution < 1.29 is 41.2 Å². The van der Waals surface area contributed by atoms with Crippen LogP contribution in [0.25, 0.3) is 0 Å². The van der Waals surface area contributed by atoms with Gasteiger partial charge in [0.2, 0.25) is 6.29 Å². The maximum absolute atomic E-state index is 15.7. The molecule has 0 amide bonds. The molecule has 1 saturated heterocycles. The minimum absolute atomic E-state index is 0.0133. The van der Waals surface area contributed by atoms with Crippen molar-refractivity contribution in [2.24, 2.45) is 0 Å². The molecule has 2 aromatic rings. The molecule has 4 atom stereocenters. The zero-order valence-corrected chi connectivity index (χ0v) is 16.8. The van der Waals surface area contributed by atoms with E-state index in [1.54, 1.807) is 18.2 Å². The normalized spacial score (nSPS) is 26.3. The molecule has 1 heterocycles. The molecule has 0 spiro atoms. The molecule has 8 nitrogen and oxygen atoms in total. The summed E-state index contributed by atoms with van der Waals surface area (Å²) in [5.74, 6) is -2.19. The summed E-state index contributed by atoms with van der Waals surface area (Å²) in [6.07, 6.45) is -4.34. The molecule has 1 N–H and O–H groups in total. The standard InChI is InChI=1S/C20H19FO8S/c1-20(21)16(28-18(24)12-8-4-3-5-9-12)15(27-19(20)29-30(2,25)26)13-10-6-7-11-14(13)17(22)23/h3-11,15-16,19H,1-2H3,(H,22,23)/t15-,16-,19?,20-/m1/s1. The first-order valence-electron chi connectivity index (χ1n) is 8.81. The Morgan fingerprint density at radius 3 is 2.30 bits per heavy atom. The predicted octanol–water partition coefficient (Wildman–Crippen LogP) is 2.71. The van der Waals surface area contributed by atoms with Crippen LogP contribution in [0.2, 0.25) is 0 Å². The van der Waals surface area contributed by atoms with Crippen molar-refractivity contribution in [3.63, 3.8) is 0 Å². The summed E-state index contributed by atoms with van der Waals surface area (Å²) in [6, 6.07) is 13.4. The van der Waals surface area contributed by atoms with Crippen LogP contribution in [0.3, 0.4) is 0 Å². The number of hydrogen-bond donors (Lipinski definition) is 1. The molecule has 1 aliphatic rings. The summed E-state index contributed by atoms with van der Waals surface area (Å²) in [4.78, 5) is 24.2. The second kappa shape index (κ2) is 8.13. The lowest BCUT2D eigenvalue weighted by molar-refractivity contribution is -0.118. The SMILES string of the molecule is C[C@]1(F)C(OS(C)(=O)=O)O[C@H](c2ccccc2C(=O)O)[C@H]1OC(=O)c1ccccc1. The van der Waals surface area contributed by atoms with E-state index in [2.05, 4.69) is 0 Å². The van der Waals surface area contributed by atoms with E-state index in [4.69, 9.17) is 13.7 Å². The predicted molar refractivity (Wildman–Crippen MR) is 102 cm³/mol. The number of benzene rings is 2. The minimum atomic E-state index is -4.14. The summed E-state index contributed by atoms with van der Waals surface area (Å²) in [5, 5.41) is 9.47. The Balaban J connectivity index is 2.04. The Bertz CT molecular complexity index is 1050. The lowest BCUT2D eigenvalue weighted by atomic mass is 9.92. The molecule has 3 rings (SSSR count). The van der Waals surface area contributed by atoms with Crippen molar-refractivity contribution in [2.45, 2.75) is 31.1 Å². The van der Waals surface area contributed by atoms with Crippen molar-refractivity contribution in [1.29, 1.82) is 0 Å². The number of carbonyl (C=O) groups is 2. The highest BCUT2D eigenvalue weighted by molar-refractivity contribution is 7.86. The third-order valence-corrected chi connectivity index (χ3v) is 5.09. The average Bonchev–Trinajstić information content (AvgIpc) is 2.91. The van der Waals surface area contributed by atoms with Crippen molar-refractivity contribution >= 4 is 22.1 Å². The van der Waals surface area contributed by atoms with Crippen LogP contribution in [0.4, 0.5) is 4.39 Å². The number of carbonyl (C=O) groups excluding carboxylic acids is 1. The highest BCUT2D eigenvalue weighted by Gasteiger charge is 2.60. The van der Waals surface area contributed by atoms with E-state index in [1.807, 2.05) is 0 Å². The van der Waals surface area contributed by atoms with Gasteiger partial charge in [-0.3, -0.25) is 0 Å². The molecular formula is C20H19FO8S. The van der Waals surface area contributed by atoms with Crippen LogP contribution in [0.15, 0.2) is 54.6 Å². The first-order chi connectivity index (χ1) is 14.0. The summed E-state index contributed by atoms with van der Waals surface area (Å²) in [6.45, 7) is 0.967. The van der Waals surface area contributed by atoms with Gasteiger partial charge < -0.3 is 14.6 Å². The molecule has 0 radical (unpaired) electrons. The summed E-state index contributed by atoms with van der Waals surface area (Å²) in [5.41, 5.74) is -2.67. The van der Waals surface area contributed by atoms with Gasteiger partial charge in [0.15, 0.2) is 11.8 Å². The Hall–Kier alpha value is -2.82. The number of ether oxygens (including phenoxy) is 2. The van der Waals surface area contributed by atoms with E-state index >= 15 is 4.39 Å². The average molecular weight is 438 g/mol.